The van der Waals surface area contributed by atoms with Gasteiger partial charge in [-0.1, -0.05) is 172 Å². The summed E-state index contributed by atoms with van der Waals surface area (Å²) in [5, 5.41) is 25.0. The smallest absolute Gasteiger partial charge is 0.390 e. The summed E-state index contributed by atoms with van der Waals surface area (Å²) in [5.74, 6) is 1.44. The summed E-state index contributed by atoms with van der Waals surface area (Å²) < 4.78 is 2.04. The SMILES string of the molecule is C.CCCCc1nc(Cl)c(CO)n1Cc1ccc(-c2ccccc2-c2nnn(C(c3ccccc3)(c3ccccc3)c3ccccc3)n2)cc1.[H+]. The number of aryl methyl sites for hydroxylation is 1. The molecule has 0 bridgehead atoms. The standard InChI is InChI=1S/C41H37ClN6O.CH4/c1-2-3-23-38-43-39(42)37(29-49)47(38)28-30-24-26-31(27-25-30)35-21-13-14-22-36(35)40-44-46-48(45-40)41(32-15-7-4-8-16-32,33-17-9-5-10-18-33)34-19-11-6-12-20-34;/h4-22,24-27,49H,2-3,23,28-29H2,1H3;1H4/p+1. The lowest BCUT2D eigenvalue weighted by molar-refractivity contribution is 0.271. The fraction of sp³-hybridized carbons (Fsp3) is 0.190. The Morgan fingerprint density at radius 2 is 1.26 bits per heavy atom. The Morgan fingerprint density at radius 1 is 0.720 bits per heavy atom. The Hall–Kier alpha value is -5.37. The van der Waals surface area contributed by atoms with Crippen LogP contribution in [0.3, 0.4) is 0 Å². The van der Waals surface area contributed by atoms with Crippen molar-refractivity contribution in [3.8, 4) is 22.5 Å². The van der Waals surface area contributed by atoms with Crippen molar-refractivity contribution in [2.45, 2.75) is 52.3 Å². The normalized spacial score (nSPS) is 11.3. The number of benzene rings is 5. The molecule has 0 spiro atoms. The van der Waals surface area contributed by atoms with Gasteiger partial charge in [-0.3, -0.25) is 0 Å². The third-order valence-corrected chi connectivity index (χ3v) is 9.37. The van der Waals surface area contributed by atoms with E-state index in [1.165, 1.54) is 0 Å². The van der Waals surface area contributed by atoms with Crippen molar-refractivity contribution in [2.24, 2.45) is 0 Å². The maximum atomic E-state index is 10.0. The van der Waals surface area contributed by atoms with Crippen molar-refractivity contribution < 1.29 is 6.53 Å². The number of tetrazole rings is 1. The molecule has 50 heavy (non-hydrogen) atoms. The minimum Gasteiger partial charge on any atom is -0.390 e. The van der Waals surface area contributed by atoms with Gasteiger partial charge in [-0.15, -0.1) is 15.0 Å². The van der Waals surface area contributed by atoms with Crippen molar-refractivity contribution in [3.63, 3.8) is 0 Å². The van der Waals surface area contributed by atoms with E-state index in [0.717, 1.165) is 64.0 Å². The summed E-state index contributed by atoms with van der Waals surface area (Å²) in [6.07, 6.45) is 2.88. The van der Waals surface area contributed by atoms with E-state index in [0.29, 0.717) is 23.2 Å². The number of unbranched alkanes of at least 4 members (excludes halogenated alkanes) is 1. The molecule has 2 heterocycles. The summed E-state index contributed by atoms with van der Waals surface area (Å²) in [6.45, 7) is 2.57. The summed E-state index contributed by atoms with van der Waals surface area (Å²) in [6, 6.07) is 47.7. The second-order valence-electron chi connectivity index (χ2n) is 12.1. The second kappa shape index (κ2) is 15.5. The van der Waals surface area contributed by atoms with Crippen LogP contribution in [0.4, 0.5) is 0 Å². The third-order valence-electron chi connectivity index (χ3n) is 9.07. The molecule has 7 nitrogen and oxygen atoms in total. The van der Waals surface area contributed by atoms with E-state index in [1.807, 2.05) is 77.4 Å². The van der Waals surface area contributed by atoms with Crippen LogP contribution in [0.5, 0.6) is 0 Å². The molecule has 0 radical (unpaired) electrons. The molecular formula is C42H42ClN6O+. The van der Waals surface area contributed by atoms with Crippen molar-refractivity contribution >= 4 is 11.6 Å². The third kappa shape index (κ3) is 6.50. The molecule has 0 atom stereocenters. The largest absolute Gasteiger partial charge is 1.00 e. The Labute approximate surface area is 300 Å². The molecule has 7 aromatic rings. The first-order chi connectivity index (χ1) is 24.1. The number of aliphatic hydroxyl groups is 1. The Kier molecular flexibility index (Phi) is 10.7. The number of imidazole rings is 1. The van der Waals surface area contributed by atoms with E-state index >= 15 is 0 Å². The maximum absolute atomic E-state index is 10.0. The molecule has 0 saturated heterocycles. The zero-order valence-corrected chi connectivity index (χ0v) is 28.1. The minimum atomic E-state index is -0.856. The number of hydrogen-bond acceptors (Lipinski definition) is 5. The lowest BCUT2D eigenvalue weighted by Gasteiger charge is -2.34. The monoisotopic (exact) mass is 681 g/mol. The van der Waals surface area contributed by atoms with E-state index in [9.17, 15) is 5.11 Å². The van der Waals surface area contributed by atoms with Crippen LogP contribution in [0.15, 0.2) is 140 Å². The highest BCUT2D eigenvalue weighted by molar-refractivity contribution is 6.30. The topological polar surface area (TPSA) is 81.7 Å². The number of aliphatic hydroxyl groups excluding tert-OH is 1. The van der Waals surface area contributed by atoms with E-state index in [2.05, 4.69) is 78.6 Å². The highest BCUT2D eigenvalue weighted by Crippen LogP contribution is 2.40. The summed E-state index contributed by atoms with van der Waals surface area (Å²) in [5.41, 5.74) is 6.89. The molecule has 0 unspecified atom stereocenters. The fourth-order valence-corrected chi connectivity index (χ4v) is 6.88. The number of rotatable bonds is 12. The van der Waals surface area contributed by atoms with Crippen LogP contribution in [0.1, 0.15) is 62.4 Å². The van der Waals surface area contributed by atoms with Gasteiger partial charge in [0.2, 0.25) is 5.82 Å². The number of halogens is 1. The van der Waals surface area contributed by atoms with Gasteiger partial charge in [-0.05, 0) is 45.0 Å². The van der Waals surface area contributed by atoms with Crippen LogP contribution >= 0.6 is 11.6 Å². The Morgan fingerprint density at radius 3 is 1.80 bits per heavy atom. The highest BCUT2D eigenvalue weighted by Gasteiger charge is 2.41. The van der Waals surface area contributed by atoms with Gasteiger partial charge in [-0.25, -0.2) is 4.98 Å². The van der Waals surface area contributed by atoms with Gasteiger partial charge in [0, 0.05) is 18.5 Å². The van der Waals surface area contributed by atoms with E-state index in [-0.39, 0.29) is 15.5 Å². The molecule has 252 valence electrons. The van der Waals surface area contributed by atoms with Crippen LogP contribution < -0.4 is 0 Å². The molecule has 2 aromatic heterocycles. The quantitative estimate of drug-likeness (QED) is 0.130. The van der Waals surface area contributed by atoms with Gasteiger partial charge < -0.3 is 9.67 Å². The van der Waals surface area contributed by atoms with E-state index in [1.54, 1.807) is 4.80 Å². The number of nitrogens with zero attached hydrogens (tertiary/aromatic N) is 6. The average molecular weight is 682 g/mol. The molecule has 1 N–H and O–H groups in total. The van der Waals surface area contributed by atoms with Crippen LogP contribution in [0, 0.1) is 0 Å². The molecule has 5 aromatic carbocycles. The second-order valence-corrected chi connectivity index (χ2v) is 12.4. The molecule has 0 fully saturated rings. The lowest BCUT2D eigenvalue weighted by atomic mass is 9.77. The molecule has 7 rings (SSSR count). The predicted octanol–water partition coefficient (Wildman–Crippen LogP) is 9.33. The zero-order valence-electron chi connectivity index (χ0n) is 28.3. The van der Waals surface area contributed by atoms with Crippen LogP contribution in [-0.4, -0.2) is 34.9 Å². The minimum absolute atomic E-state index is 0. The average Bonchev–Trinajstić information content (AvgIpc) is 3.77. The van der Waals surface area contributed by atoms with Crippen LogP contribution in [0.2, 0.25) is 5.15 Å². The molecule has 0 aliphatic rings. The highest BCUT2D eigenvalue weighted by atomic mass is 35.5. The van der Waals surface area contributed by atoms with Gasteiger partial charge in [-0.2, -0.15) is 0 Å². The summed E-state index contributed by atoms with van der Waals surface area (Å²) in [4.78, 5) is 6.31. The van der Waals surface area contributed by atoms with Gasteiger partial charge in [0.15, 0.2) is 10.7 Å². The zero-order chi connectivity index (χ0) is 33.6. The van der Waals surface area contributed by atoms with E-state index in [4.69, 9.17) is 27.0 Å². The Balaban J connectivity index is 0.00000252. The van der Waals surface area contributed by atoms with Crippen molar-refractivity contribution in [3.05, 3.63) is 178 Å². The number of hydrogen-bond donors (Lipinski definition) is 1. The Bertz CT molecular complexity index is 2040. The summed E-state index contributed by atoms with van der Waals surface area (Å²) >= 11 is 6.40. The molecule has 0 amide bonds. The lowest BCUT2D eigenvalue weighted by Crippen LogP contribution is -2.39. The molecule has 8 heteroatoms. The van der Waals surface area contributed by atoms with E-state index < -0.39 is 5.54 Å². The summed E-state index contributed by atoms with van der Waals surface area (Å²) in [7, 11) is 0. The molecular weight excluding hydrogens is 640 g/mol. The molecule has 0 aliphatic heterocycles. The van der Waals surface area contributed by atoms with Crippen molar-refractivity contribution in [2.75, 3.05) is 0 Å². The first kappa shape index (κ1) is 34.5. The van der Waals surface area contributed by atoms with Crippen molar-refractivity contribution in [1.29, 1.82) is 0 Å². The van der Waals surface area contributed by atoms with Crippen LogP contribution in [0.25, 0.3) is 22.5 Å². The molecule has 0 saturated carbocycles. The maximum Gasteiger partial charge on any atom is 1.00 e. The predicted molar refractivity (Wildman–Crippen MR) is 202 cm³/mol. The van der Waals surface area contributed by atoms with Crippen LogP contribution in [-0.2, 0) is 25.1 Å². The molecule has 0 aliphatic carbocycles. The van der Waals surface area contributed by atoms with Gasteiger partial charge in [0.25, 0.3) is 0 Å². The fourth-order valence-electron chi connectivity index (χ4n) is 6.62. The van der Waals surface area contributed by atoms with Crippen molar-refractivity contribution in [1.82, 2.24) is 29.8 Å². The first-order valence-corrected chi connectivity index (χ1v) is 17.0. The number of aromatic nitrogens is 6. The van der Waals surface area contributed by atoms with Gasteiger partial charge in [0.1, 0.15) is 5.82 Å². The first-order valence-electron chi connectivity index (χ1n) is 16.6. The van der Waals surface area contributed by atoms with Gasteiger partial charge in [0.05, 0.1) is 12.3 Å². The van der Waals surface area contributed by atoms with Gasteiger partial charge >= 0.3 is 1.43 Å².